The molecule has 32 heavy (non-hydrogen) atoms. The first-order valence-electron chi connectivity index (χ1n) is 8.55. The summed E-state index contributed by atoms with van der Waals surface area (Å²) in [6.07, 6.45) is -3.94. The number of nitrogens with one attached hydrogen (secondary N) is 1. The molecule has 0 aromatic heterocycles. The van der Waals surface area contributed by atoms with Gasteiger partial charge >= 0.3 is 22.1 Å². The van der Waals surface area contributed by atoms with Gasteiger partial charge in [-0.1, -0.05) is 0 Å². The molecule has 0 spiro atoms. The summed E-state index contributed by atoms with van der Waals surface area (Å²) in [6.45, 7) is 0.993. The summed E-state index contributed by atoms with van der Waals surface area (Å²) in [6, 6.07) is -1.04. The molecule has 3 aliphatic rings. The molecule has 176 valence electrons. The number of fused-ring (bicyclic) bond motifs is 1. The van der Waals surface area contributed by atoms with E-state index in [0.717, 1.165) is 6.92 Å². The summed E-state index contributed by atoms with van der Waals surface area (Å²) in [5.41, 5.74) is 0. The standard InChI is InChI=1S/C15H11F4NO10S2/c1-2(21)28-11-8-12-13(31(23,24)20-8)3(9(11)29-12)15(22)30-10-4(16)6(18)14(32(25,26)27)7(19)5(10)17/h3,8-9,11-13,20H,1H3,(H,25,26,27). The van der Waals surface area contributed by atoms with E-state index in [-0.39, 0.29) is 0 Å². The quantitative estimate of drug-likeness (QED) is 0.178. The predicted octanol–water partition coefficient (Wildman–Crippen LogP) is -0.606. The smallest absolute Gasteiger partial charge is 0.318 e. The van der Waals surface area contributed by atoms with Crippen molar-refractivity contribution in [3.63, 3.8) is 0 Å². The highest BCUT2D eigenvalue weighted by atomic mass is 32.2. The van der Waals surface area contributed by atoms with Gasteiger partial charge < -0.3 is 14.2 Å². The van der Waals surface area contributed by atoms with Gasteiger partial charge in [0.25, 0.3) is 0 Å². The Morgan fingerprint density at radius 1 is 1.06 bits per heavy atom. The molecule has 4 rings (SSSR count). The second-order valence-corrected chi connectivity index (χ2v) is 10.4. The third kappa shape index (κ3) is 3.18. The molecule has 11 nitrogen and oxygen atoms in total. The normalized spacial score (nSPS) is 32.2. The second kappa shape index (κ2) is 7.08. The summed E-state index contributed by atoms with van der Waals surface area (Å²) in [5.74, 6) is -16.5. The molecule has 3 saturated heterocycles. The number of ether oxygens (including phenoxy) is 3. The van der Waals surface area contributed by atoms with Crippen molar-refractivity contribution in [2.75, 3.05) is 0 Å². The van der Waals surface area contributed by atoms with E-state index >= 15 is 0 Å². The highest BCUT2D eigenvalue weighted by Gasteiger charge is 2.72. The van der Waals surface area contributed by atoms with E-state index in [9.17, 15) is 44.0 Å². The highest BCUT2D eigenvalue weighted by Crippen LogP contribution is 2.49. The Morgan fingerprint density at radius 3 is 2.12 bits per heavy atom. The Bertz CT molecular complexity index is 1240. The lowest BCUT2D eigenvalue weighted by Gasteiger charge is -2.27. The van der Waals surface area contributed by atoms with E-state index in [2.05, 4.69) is 9.46 Å². The topological polar surface area (TPSA) is 162 Å². The monoisotopic (exact) mass is 505 g/mol. The van der Waals surface area contributed by atoms with Gasteiger partial charge in [-0.05, 0) is 0 Å². The molecular weight excluding hydrogens is 494 g/mol. The molecule has 6 atom stereocenters. The van der Waals surface area contributed by atoms with Gasteiger partial charge in [0.05, 0.1) is 12.1 Å². The largest absolute Gasteiger partial charge is 0.458 e. The van der Waals surface area contributed by atoms with Crippen LogP contribution >= 0.6 is 0 Å². The molecular formula is C15H11F4NO10S2. The fourth-order valence-electron chi connectivity index (χ4n) is 4.15. The third-order valence-electron chi connectivity index (χ3n) is 5.25. The van der Waals surface area contributed by atoms with Crippen LogP contribution in [0.2, 0.25) is 0 Å². The highest BCUT2D eigenvalue weighted by molar-refractivity contribution is 7.90. The Hall–Kier alpha value is -2.34. The minimum absolute atomic E-state index is 0.858. The molecule has 1 aromatic carbocycles. The van der Waals surface area contributed by atoms with Gasteiger partial charge in [0.1, 0.15) is 23.4 Å². The van der Waals surface area contributed by atoms with E-state index in [1.165, 1.54) is 0 Å². The van der Waals surface area contributed by atoms with Crippen LogP contribution in [0.3, 0.4) is 0 Å². The Kier molecular flexibility index (Phi) is 5.05. The molecule has 6 unspecified atom stereocenters. The molecule has 3 heterocycles. The van der Waals surface area contributed by atoms with Crippen LogP contribution < -0.4 is 9.46 Å². The first-order chi connectivity index (χ1) is 14.7. The van der Waals surface area contributed by atoms with Crippen molar-refractivity contribution >= 4 is 32.1 Å². The Balaban J connectivity index is 1.73. The summed E-state index contributed by atoms with van der Waals surface area (Å²) < 4.78 is 129. The molecule has 1 aromatic rings. The fourth-order valence-corrected chi connectivity index (χ4v) is 6.82. The number of rotatable bonds is 4. The molecule has 17 heteroatoms. The van der Waals surface area contributed by atoms with Crippen molar-refractivity contribution in [1.82, 2.24) is 4.72 Å². The first kappa shape index (κ1) is 22.8. The van der Waals surface area contributed by atoms with Gasteiger partial charge in [-0.15, -0.1) is 0 Å². The number of sulfonamides is 1. The van der Waals surface area contributed by atoms with Gasteiger partial charge in [0.2, 0.25) is 27.4 Å². The maximum atomic E-state index is 14.2. The molecule has 2 N–H and O–H groups in total. The van der Waals surface area contributed by atoms with Crippen molar-refractivity contribution in [3.8, 4) is 5.75 Å². The van der Waals surface area contributed by atoms with E-state index in [1.54, 1.807) is 0 Å². The van der Waals surface area contributed by atoms with Crippen molar-refractivity contribution < 1.29 is 62.7 Å². The predicted molar refractivity (Wildman–Crippen MR) is 89.1 cm³/mol. The van der Waals surface area contributed by atoms with Crippen LogP contribution in [-0.2, 0) is 39.2 Å². The number of benzene rings is 1. The molecule has 0 amide bonds. The molecule has 0 saturated carbocycles. The summed E-state index contributed by atoms with van der Waals surface area (Å²) >= 11 is 0. The van der Waals surface area contributed by atoms with Crippen LogP contribution in [0, 0.1) is 29.2 Å². The zero-order valence-electron chi connectivity index (χ0n) is 15.4. The fraction of sp³-hybridized carbons (Fsp3) is 0.467. The van der Waals surface area contributed by atoms with Gasteiger partial charge in [-0.2, -0.15) is 17.2 Å². The lowest BCUT2D eigenvalue weighted by atomic mass is 9.84. The number of esters is 2. The lowest BCUT2D eigenvalue weighted by Crippen LogP contribution is -2.51. The number of hydrogen-bond donors (Lipinski definition) is 2. The Morgan fingerprint density at radius 2 is 1.62 bits per heavy atom. The van der Waals surface area contributed by atoms with Crippen LogP contribution in [0.25, 0.3) is 0 Å². The number of hydrogen-bond acceptors (Lipinski definition) is 9. The van der Waals surface area contributed by atoms with Crippen molar-refractivity contribution in [3.05, 3.63) is 23.3 Å². The average molecular weight is 505 g/mol. The first-order valence-corrected chi connectivity index (χ1v) is 11.5. The van der Waals surface area contributed by atoms with E-state index in [1.807, 2.05) is 0 Å². The van der Waals surface area contributed by atoms with Crippen molar-refractivity contribution in [1.29, 1.82) is 0 Å². The average Bonchev–Trinajstić information content (AvgIpc) is 3.24. The number of carbonyl (C=O) groups excluding carboxylic acids is 2. The number of halogens is 4. The Labute approximate surface area is 176 Å². The SMILES string of the molecule is CC(=O)OC1C2NS(=O)(=O)C3C2OC1C3C(=O)Oc1c(F)c(F)c(S(=O)(=O)O)c(F)c1F. The maximum Gasteiger partial charge on any atom is 0.318 e. The minimum Gasteiger partial charge on any atom is -0.458 e. The van der Waals surface area contributed by atoms with Crippen LogP contribution in [0.15, 0.2) is 4.90 Å². The summed E-state index contributed by atoms with van der Waals surface area (Å²) in [4.78, 5) is 21.6. The molecule has 0 aliphatic carbocycles. The van der Waals surface area contributed by atoms with E-state index in [4.69, 9.17) is 14.0 Å². The summed E-state index contributed by atoms with van der Waals surface area (Å²) in [7, 11) is -10.0. The van der Waals surface area contributed by atoms with Crippen molar-refractivity contribution in [2.45, 2.75) is 41.4 Å². The molecule has 3 fully saturated rings. The van der Waals surface area contributed by atoms with E-state index < -0.39 is 102 Å². The zero-order valence-corrected chi connectivity index (χ0v) is 17.0. The zero-order chi connectivity index (χ0) is 23.9. The molecule has 0 radical (unpaired) electrons. The van der Waals surface area contributed by atoms with Gasteiger partial charge in [-0.3, -0.25) is 14.1 Å². The third-order valence-corrected chi connectivity index (χ3v) is 8.01. The summed E-state index contributed by atoms with van der Waals surface area (Å²) in [5, 5.41) is -1.63. The van der Waals surface area contributed by atoms with E-state index in [0.29, 0.717) is 0 Å². The lowest BCUT2D eigenvalue weighted by molar-refractivity contribution is -0.155. The maximum absolute atomic E-state index is 14.2. The van der Waals surface area contributed by atoms with Crippen LogP contribution in [0.4, 0.5) is 17.6 Å². The van der Waals surface area contributed by atoms with Crippen LogP contribution in [0.1, 0.15) is 6.92 Å². The van der Waals surface area contributed by atoms with Crippen LogP contribution in [0.5, 0.6) is 5.75 Å². The van der Waals surface area contributed by atoms with Crippen LogP contribution in [-0.4, -0.2) is 62.9 Å². The minimum atomic E-state index is -5.74. The molecule has 3 aliphatic heterocycles. The van der Waals surface area contributed by atoms with Gasteiger partial charge in [-0.25, -0.2) is 21.9 Å². The second-order valence-electron chi connectivity index (χ2n) is 7.13. The van der Waals surface area contributed by atoms with Gasteiger partial charge in [0.15, 0.2) is 16.5 Å². The molecule has 2 bridgehead atoms. The van der Waals surface area contributed by atoms with Gasteiger partial charge in [0, 0.05) is 6.92 Å². The van der Waals surface area contributed by atoms with Crippen molar-refractivity contribution in [2.24, 2.45) is 5.92 Å². The number of carbonyl (C=O) groups is 2.